The standard InChI is InChI=1S/C20H26N2O3S/c1-26-12-18(23)21-10-15-16-11-22(13-20(16)8-7-17(15)25-20)19(24)9-14-5-3-2-4-6-14/h2-6,15-17H,7-13H2,1H3,(H,21,23)/t15-,16+,17+,20+/m0/s1. The topological polar surface area (TPSA) is 58.6 Å². The number of hydrogen-bond acceptors (Lipinski definition) is 4. The molecule has 3 heterocycles. The highest BCUT2D eigenvalue weighted by Gasteiger charge is 2.63. The Morgan fingerprint density at radius 3 is 2.92 bits per heavy atom. The van der Waals surface area contributed by atoms with Gasteiger partial charge in [-0.15, -0.1) is 0 Å². The average molecular weight is 375 g/mol. The molecule has 3 aliphatic rings. The van der Waals surface area contributed by atoms with Gasteiger partial charge in [0.2, 0.25) is 11.8 Å². The molecule has 1 aromatic rings. The maximum atomic E-state index is 12.8. The number of nitrogens with one attached hydrogen (secondary N) is 1. The number of ether oxygens (including phenoxy) is 1. The molecule has 0 aliphatic carbocycles. The number of fused-ring (bicyclic) bond motifs is 1. The summed E-state index contributed by atoms with van der Waals surface area (Å²) in [7, 11) is 0. The number of hydrogen-bond donors (Lipinski definition) is 1. The molecular weight excluding hydrogens is 348 g/mol. The van der Waals surface area contributed by atoms with E-state index in [0.717, 1.165) is 24.9 Å². The van der Waals surface area contributed by atoms with Crippen LogP contribution in [0.15, 0.2) is 30.3 Å². The summed E-state index contributed by atoms with van der Waals surface area (Å²) in [5.41, 5.74) is 0.879. The van der Waals surface area contributed by atoms with Gasteiger partial charge in [-0.1, -0.05) is 30.3 Å². The van der Waals surface area contributed by atoms with Crippen LogP contribution in [0.25, 0.3) is 0 Å². The lowest BCUT2D eigenvalue weighted by atomic mass is 9.73. The average Bonchev–Trinajstić information content (AvgIpc) is 3.29. The first-order valence-electron chi connectivity index (χ1n) is 9.36. The molecule has 3 fully saturated rings. The maximum Gasteiger partial charge on any atom is 0.229 e. The fraction of sp³-hybridized carbons (Fsp3) is 0.600. The van der Waals surface area contributed by atoms with Crippen molar-refractivity contribution < 1.29 is 14.3 Å². The summed E-state index contributed by atoms with van der Waals surface area (Å²) in [5, 5.41) is 3.06. The minimum absolute atomic E-state index is 0.0873. The summed E-state index contributed by atoms with van der Waals surface area (Å²) < 4.78 is 6.37. The van der Waals surface area contributed by atoms with E-state index in [1.165, 1.54) is 11.8 Å². The van der Waals surface area contributed by atoms with E-state index in [0.29, 0.717) is 37.1 Å². The first kappa shape index (κ1) is 17.9. The Kier molecular flexibility index (Phi) is 4.97. The van der Waals surface area contributed by atoms with Crippen molar-refractivity contribution in [3.63, 3.8) is 0 Å². The van der Waals surface area contributed by atoms with Gasteiger partial charge >= 0.3 is 0 Å². The second-order valence-electron chi connectivity index (χ2n) is 7.70. The summed E-state index contributed by atoms with van der Waals surface area (Å²) in [6.45, 7) is 2.12. The molecule has 1 spiro atoms. The second kappa shape index (κ2) is 7.24. The van der Waals surface area contributed by atoms with Crippen molar-refractivity contribution in [3.8, 4) is 0 Å². The summed E-state index contributed by atoms with van der Waals surface area (Å²) >= 11 is 1.53. The van der Waals surface area contributed by atoms with E-state index in [4.69, 9.17) is 4.74 Å². The first-order chi connectivity index (χ1) is 12.6. The number of likely N-dealkylation sites (tertiary alicyclic amines) is 1. The van der Waals surface area contributed by atoms with Crippen molar-refractivity contribution in [1.82, 2.24) is 10.2 Å². The third-order valence-corrected chi connectivity index (χ3v) is 6.70. The zero-order chi connectivity index (χ0) is 18.1. The Balaban J connectivity index is 1.40. The number of benzene rings is 1. The predicted molar refractivity (Wildman–Crippen MR) is 102 cm³/mol. The summed E-state index contributed by atoms with van der Waals surface area (Å²) in [4.78, 5) is 26.6. The van der Waals surface area contributed by atoms with E-state index in [9.17, 15) is 9.59 Å². The van der Waals surface area contributed by atoms with Crippen molar-refractivity contribution in [2.45, 2.75) is 31.0 Å². The molecule has 5 nitrogen and oxygen atoms in total. The van der Waals surface area contributed by atoms with E-state index in [-0.39, 0.29) is 23.5 Å². The Morgan fingerprint density at radius 2 is 2.15 bits per heavy atom. The Bertz CT molecular complexity index is 683. The number of carbonyl (C=O) groups excluding carboxylic acids is 2. The number of rotatable bonds is 6. The van der Waals surface area contributed by atoms with Crippen LogP contribution in [0.2, 0.25) is 0 Å². The molecule has 0 unspecified atom stereocenters. The van der Waals surface area contributed by atoms with E-state index in [1.807, 2.05) is 41.5 Å². The van der Waals surface area contributed by atoms with Gasteiger partial charge in [0.15, 0.2) is 0 Å². The van der Waals surface area contributed by atoms with Crippen LogP contribution in [0.5, 0.6) is 0 Å². The van der Waals surface area contributed by atoms with Crippen LogP contribution in [0.1, 0.15) is 18.4 Å². The van der Waals surface area contributed by atoms with Crippen LogP contribution >= 0.6 is 11.8 Å². The van der Waals surface area contributed by atoms with Gasteiger partial charge < -0.3 is 15.0 Å². The van der Waals surface area contributed by atoms with Crippen molar-refractivity contribution in [2.75, 3.05) is 31.6 Å². The lowest BCUT2D eigenvalue weighted by Gasteiger charge is -2.29. The van der Waals surface area contributed by atoms with Crippen LogP contribution < -0.4 is 5.32 Å². The molecule has 3 aliphatic heterocycles. The van der Waals surface area contributed by atoms with Crippen LogP contribution in [0, 0.1) is 11.8 Å². The zero-order valence-corrected chi connectivity index (χ0v) is 16.0. The highest BCUT2D eigenvalue weighted by Crippen LogP contribution is 2.54. The Labute approximate surface area is 158 Å². The monoisotopic (exact) mass is 374 g/mol. The fourth-order valence-electron chi connectivity index (χ4n) is 4.95. The number of thioether (sulfide) groups is 1. The van der Waals surface area contributed by atoms with Crippen molar-refractivity contribution in [1.29, 1.82) is 0 Å². The van der Waals surface area contributed by atoms with E-state index < -0.39 is 0 Å². The highest BCUT2D eigenvalue weighted by atomic mass is 32.2. The van der Waals surface area contributed by atoms with Crippen molar-refractivity contribution >= 4 is 23.6 Å². The molecule has 0 aromatic heterocycles. The molecule has 3 saturated heterocycles. The van der Waals surface area contributed by atoms with Crippen LogP contribution in [-0.4, -0.2) is 60.1 Å². The molecule has 2 bridgehead atoms. The molecule has 2 amide bonds. The first-order valence-corrected chi connectivity index (χ1v) is 10.8. The zero-order valence-electron chi connectivity index (χ0n) is 15.1. The molecule has 1 aromatic carbocycles. The maximum absolute atomic E-state index is 12.8. The molecule has 0 radical (unpaired) electrons. The number of carbonyl (C=O) groups is 2. The van der Waals surface area contributed by atoms with Gasteiger partial charge in [-0.2, -0.15) is 11.8 Å². The van der Waals surface area contributed by atoms with E-state index >= 15 is 0 Å². The van der Waals surface area contributed by atoms with Gasteiger partial charge in [0, 0.05) is 24.9 Å². The molecule has 26 heavy (non-hydrogen) atoms. The van der Waals surface area contributed by atoms with E-state index in [1.54, 1.807) is 0 Å². The summed E-state index contributed by atoms with van der Waals surface area (Å²) in [5.74, 6) is 1.43. The Hall–Kier alpha value is -1.53. The molecular formula is C20H26N2O3S. The number of nitrogens with zero attached hydrogens (tertiary/aromatic N) is 1. The second-order valence-corrected chi connectivity index (χ2v) is 8.57. The quantitative estimate of drug-likeness (QED) is 0.824. The largest absolute Gasteiger partial charge is 0.369 e. The van der Waals surface area contributed by atoms with Crippen LogP contribution in [0.4, 0.5) is 0 Å². The summed E-state index contributed by atoms with van der Waals surface area (Å²) in [6.07, 6.45) is 4.69. The van der Waals surface area contributed by atoms with Crippen molar-refractivity contribution in [3.05, 3.63) is 35.9 Å². The lowest BCUT2D eigenvalue weighted by Crippen LogP contribution is -2.42. The normalized spacial score (nSPS) is 31.9. The molecule has 6 heteroatoms. The molecule has 1 N–H and O–H groups in total. The minimum Gasteiger partial charge on any atom is -0.369 e. The van der Waals surface area contributed by atoms with Gasteiger partial charge in [-0.05, 0) is 24.7 Å². The number of amides is 2. The van der Waals surface area contributed by atoms with E-state index in [2.05, 4.69) is 5.32 Å². The lowest BCUT2D eigenvalue weighted by molar-refractivity contribution is -0.131. The SMILES string of the molecule is CSCC(=O)NC[C@H]1[C@H]2CN(C(=O)Cc3ccccc3)C[C@]23CC[C@H]1O3. The molecule has 4 atom stereocenters. The minimum atomic E-state index is -0.175. The molecule has 4 rings (SSSR count). The highest BCUT2D eigenvalue weighted by molar-refractivity contribution is 7.99. The third kappa shape index (κ3) is 3.25. The third-order valence-electron chi connectivity index (χ3n) is 6.15. The van der Waals surface area contributed by atoms with Gasteiger partial charge in [-0.25, -0.2) is 0 Å². The fourth-order valence-corrected chi connectivity index (χ4v) is 5.31. The predicted octanol–water partition coefficient (Wildman–Crippen LogP) is 1.71. The van der Waals surface area contributed by atoms with Gasteiger partial charge in [0.05, 0.1) is 30.4 Å². The van der Waals surface area contributed by atoms with Crippen molar-refractivity contribution in [2.24, 2.45) is 11.8 Å². The van der Waals surface area contributed by atoms with Crippen LogP contribution in [0.3, 0.4) is 0 Å². The molecule has 140 valence electrons. The summed E-state index contributed by atoms with van der Waals surface area (Å²) in [6, 6.07) is 9.91. The smallest absolute Gasteiger partial charge is 0.229 e. The van der Waals surface area contributed by atoms with Gasteiger partial charge in [0.25, 0.3) is 0 Å². The van der Waals surface area contributed by atoms with Crippen LogP contribution in [-0.2, 0) is 20.7 Å². The molecule has 0 saturated carbocycles. The van der Waals surface area contributed by atoms with Gasteiger partial charge in [-0.3, -0.25) is 9.59 Å². The Morgan fingerprint density at radius 1 is 1.35 bits per heavy atom. The van der Waals surface area contributed by atoms with Gasteiger partial charge in [0.1, 0.15) is 0 Å².